The molecule has 134 valence electrons. The molecular weight excluding hydrogens is 364 g/mol. The van der Waals surface area contributed by atoms with Crippen LogP contribution in [0.4, 0.5) is 0 Å². The summed E-state index contributed by atoms with van der Waals surface area (Å²) >= 11 is 9.66. The maximum absolute atomic E-state index is 6.40. The molecule has 0 N–H and O–H groups in total. The largest absolute Gasteiger partial charge is 0.0960 e. The average Bonchev–Trinajstić information content (AvgIpc) is 2.52. The zero-order valence-corrected chi connectivity index (χ0v) is 18.3. The summed E-state index contributed by atoms with van der Waals surface area (Å²) < 4.78 is 0.786. The Morgan fingerprint density at radius 3 is 1.52 bits per heavy atom. The Balaban J connectivity index is 1.97. The van der Waals surface area contributed by atoms with Crippen molar-refractivity contribution in [1.29, 1.82) is 0 Å². The Hall–Kier alpha value is -0.830. The normalized spacial score (nSPS) is 13.2. The first-order valence-electron chi connectivity index (χ1n) is 8.47. The lowest BCUT2D eigenvalue weighted by Crippen LogP contribution is -2.10. The molecule has 25 heavy (non-hydrogen) atoms. The van der Waals surface area contributed by atoms with E-state index in [2.05, 4.69) is 90.1 Å². The second kappa shape index (κ2) is 8.24. The fourth-order valence-electron chi connectivity index (χ4n) is 2.31. The number of rotatable bonds is 4. The second-order valence-electron chi connectivity index (χ2n) is 8.19. The highest BCUT2D eigenvalue weighted by atomic mass is 35.5. The van der Waals surface area contributed by atoms with Crippen LogP contribution in [0, 0.1) is 0 Å². The van der Waals surface area contributed by atoms with Crippen LogP contribution in [-0.4, -0.2) is 0 Å². The van der Waals surface area contributed by atoms with Gasteiger partial charge in [-0.3, -0.25) is 0 Å². The molecule has 0 atom stereocenters. The third-order valence-electron chi connectivity index (χ3n) is 3.94. The number of halogens is 1. The summed E-state index contributed by atoms with van der Waals surface area (Å²) in [5.41, 5.74) is 3.05. The Kier molecular flexibility index (Phi) is 6.75. The Morgan fingerprint density at radius 1 is 0.720 bits per heavy atom. The highest BCUT2D eigenvalue weighted by Crippen LogP contribution is 2.35. The van der Waals surface area contributed by atoms with Crippen molar-refractivity contribution in [2.24, 2.45) is 0 Å². The third-order valence-corrected chi connectivity index (χ3v) is 6.28. The lowest BCUT2D eigenvalue weighted by molar-refractivity contribution is 0.589. The molecule has 0 spiro atoms. The van der Waals surface area contributed by atoms with Crippen LogP contribution >= 0.6 is 35.1 Å². The minimum atomic E-state index is 0.178. The molecule has 0 saturated carbocycles. The van der Waals surface area contributed by atoms with Crippen molar-refractivity contribution in [3.8, 4) is 0 Å². The molecule has 2 aromatic carbocycles. The van der Waals surface area contributed by atoms with Crippen LogP contribution in [0.1, 0.15) is 52.7 Å². The number of hydrogen-bond acceptors (Lipinski definition) is 2. The van der Waals surface area contributed by atoms with Crippen molar-refractivity contribution >= 4 is 35.1 Å². The SMILES string of the molecule is CC(C)(C)c1ccc(S/C=C(\Cl)Sc2ccc(C(C)(C)C)cc2)cc1. The van der Waals surface area contributed by atoms with Crippen LogP contribution < -0.4 is 0 Å². The van der Waals surface area contributed by atoms with Crippen LogP contribution in [0.3, 0.4) is 0 Å². The van der Waals surface area contributed by atoms with Gasteiger partial charge in [0, 0.05) is 15.2 Å². The van der Waals surface area contributed by atoms with Gasteiger partial charge in [-0.2, -0.15) is 0 Å². The van der Waals surface area contributed by atoms with E-state index in [4.69, 9.17) is 11.6 Å². The van der Waals surface area contributed by atoms with Crippen molar-refractivity contribution in [2.45, 2.75) is 62.2 Å². The number of hydrogen-bond donors (Lipinski definition) is 0. The highest BCUT2D eigenvalue weighted by molar-refractivity contribution is 8.07. The molecule has 0 aliphatic heterocycles. The summed E-state index contributed by atoms with van der Waals surface area (Å²) in [5, 5.41) is 2.01. The zero-order chi connectivity index (χ0) is 18.7. The summed E-state index contributed by atoms with van der Waals surface area (Å²) in [7, 11) is 0. The fourth-order valence-corrected chi connectivity index (χ4v) is 4.06. The van der Waals surface area contributed by atoms with Crippen LogP contribution in [0.5, 0.6) is 0 Å². The first-order valence-corrected chi connectivity index (χ1v) is 10.5. The van der Waals surface area contributed by atoms with Gasteiger partial charge in [-0.25, -0.2) is 0 Å². The van der Waals surface area contributed by atoms with Gasteiger partial charge in [0.1, 0.15) is 0 Å². The van der Waals surface area contributed by atoms with Crippen LogP contribution in [0.2, 0.25) is 0 Å². The molecule has 0 aliphatic rings. The maximum Gasteiger partial charge on any atom is 0.0849 e. The molecule has 0 radical (unpaired) electrons. The van der Waals surface area contributed by atoms with Crippen LogP contribution in [-0.2, 0) is 10.8 Å². The van der Waals surface area contributed by atoms with E-state index in [9.17, 15) is 0 Å². The fraction of sp³-hybridized carbons (Fsp3) is 0.364. The Labute approximate surface area is 166 Å². The van der Waals surface area contributed by atoms with E-state index >= 15 is 0 Å². The summed E-state index contributed by atoms with van der Waals surface area (Å²) in [6.07, 6.45) is 0. The molecule has 0 nitrogen and oxygen atoms in total. The van der Waals surface area contributed by atoms with E-state index < -0.39 is 0 Å². The van der Waals surface area contributed by atoms with Crippen molar-refractivity contribution < 1.29 is 0 Å². The average molecular weight is 391 g/mol. The number of thioether (sulfide) groups is 2. The molecule has 3 heteroatoms. The van der Waals surface area contributed by atoms with Gasteiger partial charge in [0.15, 0.2) is 0 Å². The predicted octanol–water partition coefficient (Wildman–Crippen LogP) is 8.20. The van der Waals surface area contributed by atoms with Crippen molar-refractivity contribution in [3.63, 3.8) is 0 Å². The molecule has 0 amide bonds. The van der Waals surface area contributed by atoms with E-state index in [0.29, 0.717) is 0 Å². The van der Waals surface area contributed by atoms with E-state index in [1.807, 2.05) is 5.41 Å². The molecule has 0 heterocycles. The molecule has 0 aromatic heterocycles. The molecule has 2 rings (SSSR count). The van der Waals surface area contributed by atoms with Gasteiger partial charge in [0.25, 0.3) is 0 Å². The quantitative estimate of drug-likeness (QED) is 0.482. The molecule has 0 aliphatic carbocycles. The minimum Gasteiger partial charge on any atom is -0.0960 e. The Morgan fingerprint density at radius 2 is 1.12 bits per heavy atom. The summed E-state index contributed by atoms with van der Waals surface area (Å²) in [5.74, 6) is 0. The van der Waals surface area contributed by atoms with Gasteiger partial charge in [-0.05, 0) is 46.2 Å². The van der Waals surface area contributed by atoms with Gasteiger partial charge in [-0.1, -0.05) is 101 Å². The standard InChI is InChI=1S/C22H27ClS2/c1-21(2,3)16-7-11-18(12-8-16)24-15-20(23)25-19-13-9-17(10-14-19)22(4,5)6/h7-15H,1-6H3/b20-15+. The zero-order valence-electron chi connectivity index (χ0n) is 15.9. The van der Waals surface area contributed by atoms with Gasteiger partial charge in [0.2, 0.25) is 0 Å². The first-order chi connectivity index (χ1) is 11.6. The van der Waals surface area contributed by atoms with Gasteiger partial charge in [-0.15, -0.1) is 0 Å². The summed E-state index contributed by atoms with van der Waals surface area (Å²) in [6, 6.07) is 17.4. The monoisotopic (exact) mass is 390 g/mol. The van der Waals surface area contributed by atoms with Crippen molar-refractivity contribution in [3.05, 3.63) is 69.4 Å². The predicted molar refractivity (Wildman–Crippen MR) is 116 cm³/mol. The second-order valence-corrected chi connectivity index (χ2v) is 10.9. The molecule has 0 saturated heterocycles. The minimum absolute atomic E-state index is 0.178. The molecule has 0 unspecified atom stereocenters. The maximum atomic E-state index is 6.40. The van der Waals surface area contributed by atoms with Crippen molar-refractivity contribution in [1.82, 2.24) is 0 Å². The van der Waals surface area contributed by atoms with Gasteiger partial charge >= 0.3 is 0 Å². The lowest BCUT2D eigenvalue weighted by Gasteiger charge is -2.19. The summed E-state index contributed by atoms with van der Waals surface area (Å²) in [6.45, 7) is 13.4. The van der Waals surface area contributed by atoms with Gasteiger partial charge < -0.3 is 0 Å². The molecular formula is C22H27ClS2. The lowest BCUT2D eigenvalue weighted by atomic mass is 9.87. The highest BCUT2D eigenvalue weighted by Gasteiger charge is 2.14. The Bertz CT molecular complexity index is 715. The van der Waals surface area contributed by atoms with Crippen LogP contribution in [0.25, 0.3) is 0 Å². The van der Waals surface area contributed by atoms with E-state index in [0.717, 1.165) is 9.26 Å². The molecule has 0 bridgehead atoms. The van der Waals surface area contributed by atoms with Crippen molar-refractivity contribution in [2.75, 3.05) is 0 Å². The van der Waals surface area contributed by atoms with Gasteiger partial charge in [0.05, 0.1) is 4.36 Å². The first kappa shape index (κ1) is 20.5. The van der Waals surface area contributed by atoms with E-state index in [1.54, 1.807) is 23.5 Å². The summed E-state index contributed by atoms with van der Waals surface area (Å²) in [4.78, 5) is 2.37. The van der Waals surface area contributed by atoms with E-state index in [-0.39, 0.29) is 10.8 Å². The third kappa shape index (κ3) is 6.44. The topological polar surface area (TPSA) is 0 Å². The molecule has 2 aromatic rings. The van der Waals surface area contributed by atoms with E-state index in [1.165, 1.54) is 16.0 Å². The smallest absolute Gasteiger partial charge is 0.0849 e. The molecule has 0 fully saturated rings. The number of benzene rings is 2. The van der Waals surface area contributed by atoms with Crippen LogP contribution in [0.15, 0.2) is 68.1 Å².